The number of ether oxygens (including phenoxy) is 1. The van der Waals surface area contributed by atoms with Crippen LogP contribution in [0.1, 0.15) is 76.7 Å². The van der Waals surface area contributed by atoms with Gasteiger partial charge in [-0.05, 0) is 37.1 Å². The van der Waals surface area contributed by atoms with Gasteiger partial charge >= 0.3 is 0 Å². The predicted molar refractivity (Wildman–Crippen MR) is 92.9 cm³/mol. The number of unbranched alkanes of at least 4 members (excludes halogenated alkanes) is 9. The first-order valence-electron chi connectivity index (χ1n) is 8.73. The van der Waals surface area contributed by atoms with E-state index in [-0.39, 0.29) is 0 Å². The third-order valence-electron chi connectivity index (χ3n) is 3.95. The van der Waals surface area contributed by atoms with Gasteiger partial charge in [0.15, 0.2) is 0 Å². The summed E-state index contributed by atoms with van der Waals surface area (Å²) in [7, 11) is 0. The van der Waals surface area contributed by atoms with Crippen molar-refractivity contribution in [3.05, 3.63) is 23.8 Å². The van der Waals surface area contributed by atoms with Crippen LogP contribution in [0.15, 0.2) is 18.2 Å². The monoisotopic (exact) mass is 291 g/mol. The van der Waals surface area contributed by atoms with Crippen molar-refractivity contribution < 1.29 is 4.74 Å². The Hall–Kier alpha value is -1.18. The minimum absolute atomic E-state index is 0.804. The van der Waals surface area contributed by atoms with Crippen LogP contribution >= 0.6 is 0 Å². The molecule has 0 aromatic heterocycles. The molecule has 0 aliphatic rings. The summed E-state index contributed by atoms with van der Waals surface area (Å²) in [5, 5.41) is 0. The summed E-state index contributed by atoms with van der Waals surface area (Å²) in [6.45, 7) is 5.14. The predicted octanol–water partition coefficient (Wildman–Crippen LogP) is 5.88. The number of rotatable bonds is 12. The van der Waals surface area contributed by atoms with Crippen LogP contribution in [0.5, 0.6) is 5.75 Å². The zero-order valence-corrected chi connectivity index (χ0v) is 14.0. The van der Waals surface area contributed by atoms with E-state index in [0.29, 0.717) is 0 Å². The molecule has 0 fully saturated rings. The lowest BCUT2D eigenvalue weighted by Gasteiger charge is -2.09. The van der Waals surface area contributed by atoms with E-state index in [4.69, 9.17) is 10.5 Å². The second-order valence-electron chi connectivity index (χ2n) is 6.06. The fourth-order valence-corrected chi connectivity index (χ4v) is 2.61. The molecule has 0 spiro atoms. The molecule has 0 aliphatic heterocycles. The fraction of sp³-hybridized carbons (Fsp3) is 0.684. The highest BCUT2D eigenvalue weighted by Gasteiger charge is 1.99. The molecule has 0 radical (unpaired) electrons. The molecule has 0 saturated carbocycles. The Morgan fingerprint density at radius 1 is 0.857 bits per heavy atom. The van der Waals surface area contributed by atoms with E-state index in [0.717, 1.165) is 30.0 Å². The SMILES string of the molecule is CCCCCCCCCCCCOc1ccc(N)cc1C. The molecule has 0 bridgehead atoms. The Labute approximate surface area is 131 Å². The van der Waals surface area contributed by atoms with Gasteiger partial charge in [-0.25, -0.2) is 0 Å². The van der Waals surface area contributed by atoms with Gasteiger partial charge in [-0.15, -0.1) is 0 Å². The second kappa shape index (κ2) is 11.5. The van der Waals surface area contributed by atoms with Gasteiger partial charge in [-0.3, -0.25) is 0 Å². The summed E-state index contributed by atoms with van der Waals surface area (Å²) < 4.78 is 5.81. The van der Waals surface area contributed by atoms with E-state index in [2.05, 4.69) is 6.92 Å². The Kier molecular flexibility index (Phi) is 9.77. The van der Waals surface area contributed by atoms with E-state index in [1.165, 1.54) is 57.8 Å². The third kappa shape index (κ3) is 8.64. The summed E-state index contributed by atoms with van der Waals surface area (Å²) in [4.78, 5) is 0. The van der Waals surface area contributed by atoms with Crippen molar-refractivity contribution >= 4 is 5.69 Å². The van der Waals surface area contributed by atoms with E-state index < -0.39 is 0 Å². The van der Waals surface area contributed by atoms with Gasteiger partial charge < -0.3 is 10.5 Å². The highest BCUT2D eigenvalue weighted by atomic mass is 16.5. The molecule has 2 nitrogen and oxygen atoms in total. The van der Waals surface area contributed by atoms with Gasteiger partial charge in [0, 0.05) is 5.69 Å². The van der Waals surface area contributed by atoms with Crippen molar-refractivity contribution in [1.29, 1.82) is 0 Å². The summed E-state index contributed by atoms with van der Waals surface area (Å²) in [6, 6.07) is 5.84. The maximum absolute atomic E-state index is 5.81. The molecule has 120 valence electrons. The summed E-state index contributed by atoms with van der Waals surface area (Å²) >= 11 is 0. The molecular formula is C19H33NO. The molecule has 0 saturated heterocycles. The molecule has 1 aromatic rings. The average Bonchev–Trinajstić information content (AvgIpc) is 2.46. The summed E-state index contributed by atoms with van der Waals surface area (Å²) in [5.41, 5.74) is 7.66. The quantitative estimate of drug-likeness (QED) is 0.385. The van der Waals surface area contributed by atoms with E-state index >= 15 is 0 Å². The van der Waals surface area contributed by atoms with E-state index in [1.54, 1.807) is 0 Å². The van der Waals surface area contributed by atoms with Gasteiger partial charge in [0.1, 0.15) is 5.75 Å². The van der Waals surface area contributed by atoms with E-state index in [1.807, 2.05) is 25.1 Å². The minimum atomic E-state index is 0.804. The van der Waals surface area contributed by atoms with Crippen molar-refractivity contribution in [3.63, 3.8) is 0 Å². The van der Waals surface area contributed by atoms with Crippen molar-refractivity contribution in [2.24, 2.45) is 0 Å². The zero-order valence-electron chi connectivity index (χ0n) is 14.0. The highest BCUT2D eigenvalue weighted by molar-refractivity contribution is 5.47. The Morgan fingerprint density at radius 2 is 1.43 bits per heavy atom. The maximum atomic E-state index is 5.81. The molecule has 1 aromatic carbocycles. The van der Waals surface area contributed by atoms with Crippen molar-refractivity contribution in [2.75, 3.05) is 12.3 Å². The number of nitrogen functional groups attached to an aromatic ring is 1. The van der Waals surface area contributed by atoms with Gasteiger partial charge in [0.05, 0.1) is 6.61 Å². The van der Waals surface area contributed by atoms with Crippen LogP contribution < -0.4 is 10.5 Å². The number of aryl methyl sites for hydroxylation is 1. The number of nitrogens with two attached hydrogens (primary N) is 1. The van der Waals surface area contributed by atoms with Crippen LogP contribution in [0.2, 0.25) is 0 Å². The number of hydrogen-bond donors (Lipinski definition) is 1. The second-order valence-corrected chi connectivity index (χ2v) is 6.06. The molecule has 0 amide bonds. The molecule has 2 N–H and O–H groups in total. The molecular weight excluding hydrogens is 258 g/mol. The molecule has 0 heterocycles. The Balaban J connectivity index is 1.93. The number of benzene rings is 1. The normalized spacial score (nSPS) is 10.8. The van der Waals surface area contributed by atoms with Crippen LogP contribution in [-0.4, -0.2) is 6.61 Å². The van der Waals surface area contributed by atoms with Crippen LogP contribution in [0.4, 0.5) is 5.69 Å². The van der Waals surface area contributed by atoms with Gasteiger partial charge in [-0.2, -0.15) is 0 Å². The fourth-order valence-electron chi connectivity index (χ4n) is 2.61. The van der Waals surface area contributed by atoms with Crippen LogP contribution in [-0.2, 0) is 0 Å². The Bertz CT molecular complexity index is 376. The minimum Gasteiger partial charge on any atom is -0.493 e. The highest BCUT2D eigenvalue weighted by Crippen LogP contribution is 2.20. The average molecular weight is 291 g/mol. The van der Waals surface area contributed by atoms with E-state index in [9.17, 15) is 0 Å². The molecule has 1 rings (SSSR count). The van der Waals surface area contributed by atoms with Crippen LogP contribution in [0, 0.1) is 6.92 Å². The molecule has 0 aliphatic carbocycles. The lowest BCUT2D eigenvalue weighted by molar-refractivity contribution is 0.302. The zero-order chi connectivity index (χ0) is 15.3. The first-order valence-corrected chi connectivity index (χ1v) is 8.73. The largest absolute Gasteiger partial charge is 0.493 e. The van der Waals surface area contributed by atoms with Crippen molar-refractivity contribution in [3.8, 4) is 5.75 Å². The van der Waals surface area contributed by atoms with Gasteiger partial charge in [0.25, 0.3) is 0 Å². The molecule has 0 unspecified atom stereocenters. The summed E-state index contributed by atoms with van der Waals surface area (Å²) in [6.07, 6.45) is 13.6. The third-order valence-corrected chi connectivity index (χ3v) is 3.95. The molecule has 2 heteroatoms. The Morgan fingerprint density at radius 3 is 2.00 bits per heavy atom. The molecule has 21 heavy (non-hydrogen) atoms. The van der Waals surface area contributed by atoms with Gasteiger partial charge in [-0.1, -0.05) is 64.7 Å². The lowest BCUT2D eigenvalue weighted by atomic mass is 10.1. The van der Waals surface area contributed by atoms with Crippen molar-refractivity contribution in [1.82, 2.24) is 0 Å². The van der Waals surface area contributed by atoms with Crippen molar-refractivity contribution in [2.45, 2.75) is 78.1 Å². The number of hydrogen-bond acceptors (Lipinski definition) is 2. The first kappa shape index (κ1) is 17.9. The van der Waals surface area contributed by atoms with Crippen LogP contribution in [0.25, 0.3) is 0 Å². The first-order chi connectivity index (χ1) is 10.2. The number of anilines is 1. The molecule has 0 atom stereocenters. The maximum Gasteiger partial charge on any atom is 0.122 e. The smallest absolute Gasteiger partial charge is 0.122 e. The van der Waals surface area contributed by atoms with Crippen LogP contribution in [0.3, 0.4) is 0 Å². The summed E-state index contributed by atoms with van der Waals surface area (Å²) in [5.74, 6) is 0.972. The topological polar surface area (TPSA) is 35.2 Å². The lowest BCUT2D eigenvalue weighted by Crippen LogP contribution is -1.99. The van der Waals surface area contributed by atoms with Gasteiger partial charge in [0.2, 0.25) is 0 Å². The standard InChI is InChI=1S/C19H33NO/c1-3-4-5-6-7-8-9-10-11-12-15-21-19-14-13-18(20)16-17(19)2/h13-14,16H,3-12,15,20H2,1-2H3.